The highest BCUT2D eigenvalue weighted by Gasteiger charge is 2.38. The maximum Gasteiger partial charge on any atom is 0.192 e. The van der Waals surface area contributed by atoms with Gasteiger partial charge in [-0.1, -0.05) is 46.6 Å². The topological polar surface area (TPSA) is 27.7 Å². The third kappa shape index (κ3) is 5.51. The van der Waals surface area contributed by atoms with Crippen LogP contribution in [0.4, 0.5) is 0 Å². The van der Waals surface area contributed by atoms with E-state index in [1.165, 1.54) is 12.8 Å². The second-order valence-electron chi connectivity index (χ2n) is 7.54. The second kappa shape index (κ2) is 7.91. The third-order valence-corrected chi connectivity index (χ3v) is 9.34. The molecule has 0 spiro atoms. The van der Waals surface area contributed by atoms with Gasteiger partial charge in [0.15, 0.2) is 14.6 Å². The van der Waals surface area contributed by atoms with E-state index in [4.69, 9.17) is 13.9 Å². The molecule has 3 nitrogen and oxygen atoms in total. The van der Waals surface area contributed by atoms with Gasteiger partial charge in [0.25, 0.3) is 0 Å². The molecule has 1 rings (SSSR count). The molecule has 0 aromatic rings. The monoisotopic (exact) mass is 314 g/mol. The number of hydrogen-bond acceptors (Lipinski definition) is 3. The van der Waals surface area contributed by atoms with Crippen molar-refractivity contribution in [2.45, 2.75) is 77.5 Å². The van der Waals surface area contributed by atoms with E-state index in [9.17, 15) is 0 Å². The highest BCUT2D eigenvalue weighted by molar-refractivity contribution is 6.74. The molecule has 124 valence electrons. The van der Waals surface area contributed by atoms with Crippen molar-refractivity contribution in [2.75, 3.05) is 13.7 Å². The fourth-order valence-corrected chi connectivity index (χ4v) is 3.22. The molecule has 0 aromatic heterocycles. The van der Waals surface area contributed by atoms with Gasteiger partial charge in [-0.2, -0.15) is 0 Å². The van der Waals surface area contributed by atoms with Crippen LogP contribution in [0.25, 0.3) is 0 Å². The van der Waals surface area contributed by atoms with Gasteiger partial charge in [-0.15, -0.1) is 0 Å². The molecule has 0 aliphatic carbocycles. The Hall–Kier alpha value is -0.163. The van der Waals surface area contributed by atoms with Crippen LogP contribution in [-0.2, 0) is 13.9 Å². The van der Waals surface area contributed by atoms with Crippen molar-refractivity contribution in [2.24, 2.45) is 5.92 Å². The molecule has 3 atom stereocenters. The molecule has 4 heteroatoms. The van der Waals surface area contributed by atoms with Gasteiger partial charge in [-0.25, -0.2) is 0 Å². The molecule has 0 saturated heterocycles. The fraction of sp³-hybridized carbons (Fsp3) is 0.882. The molecule has 1 heterocycles. The Morgan fingerprint density at radius 2 is 1.86 bits per heavy atom. The lowest BCUT2D eigenvalue weighted by Gasteiger charge is -2.39. The standard InChI is InChI=1S/C17H34O3Si/c1-8-9-10-14-11-12-16(18-5)20-15(14)13-19-21(6,7)17(2,3)4/h11-12,14-16H,8-10,13H2,1-7H3/t14-,15+,16-/m0/s1. The van der Waals surface area contributed by atoms with Crippen LogP contribution >= 0.6 is 0 Å². The summed E-state index contributed by atoms with van der Waals surface area (Å²) < 4.78 is 17.7. The van der Waals surface area contributed by atoms with Crippen molar-refractivity contribution in [3.63, 3.8) is 0 Å². The van der Waals surface area contributed by atoms with Gasteiger partial charge >= 0.3 is 0 Å². The average Bonchev–Trinajstić information content (AvgIpc) is 2.42. The Morgan fingerprint density at radius 3 is 2.38 bits per heavy atom. The van der Waals surface area contributed by atoms with Crippen LogP contribution < -0.4 is 0 Å². The van der Waals surface area contributed by atoms with E-state index >= 15 is 0 Å². The molecular formula is C17H34O3Si. The number of unbranched alkanes of at least 4 members (excludes halogenated alkanes) is 1. The Kier molecular flexibility index (Phi) is 7.11. The highest BCUT2D eigenvalue weighted by Crippen LogP contribution is 2.37. The third-order valence-electron chi connectivity index (χ3n) is 4.84. The lowest BCUT2D eigenvalue weighted by atomic mass is 9.94. The van der Waals surface area contributed by atoms with Gasteiger partial charge in [0.2, 0.25) is 0 Å². The summed E-state index contributed by atoms with van der Waals surface area (Å²) in [6.07, 6.45) is 7.78. The van der Waals surface area contributed by atoms with Crippen LogP contribution in [0.1, 0.15) is 47.0 Å². The Morgan fingerprint density at radius 1 is 1.19 bits per heavy atom. The van der Waals surface area contributed by atoms with Crippen LogP contribution in [0.2, 0.25) is 18.1 Å². The zero-order valence-corrected chi connectivity index (χ0v) is 15.9. The summed E-state index contributed by atoms with van der Waals surface area (Å²) >= 11 is 0. The summed E-state index contributed by atoms with van der Waals surface area (Å²) in [5, 5.41) is 0.233. The minimum Gasteiger partial charge on any atom is -0.414 e. The summed E-state index contributed by atoms with van der Waals surface area (Å²) in [5.74, 6) is 0.445. The second-order valence-corrected chi connectivity index (χ2v) is 12.4. The van der Waals surface area contributed by atoms with Crippen molar-refractivity contribution < 1.29 is 13.9 Å². The molecule has 0 fully saturated rings. The van der Waals surface area contributed by atoms with E-state index in [-0.39, 0.29) is 17.4 Å². The van der Waals surface area contributed by atoms with E-state index in [0.29, 0.717) is 12.5 Å². The van der Waals surface area contributed by atoms with Crippen LogP contribution in [0.3, 0.4) is 0 Å². The Balaban J connectivity index is 2.66. The van der Waals surface area contributed by atoms with Crippen molar-refractivity contribution in [1.82, 2.24) is 0 Å². The minimum atomic E-state index is -1.73. The number of rotatable bonds is 7. The Labute approximate surface area is 132 Å². The molecule has 0 radical (unpaired) electrons. The molecule has 0 amide bonds. The van der Waals surface area contributed by atoms with Crippen LogP contribution in [0, 0.1) is 5.92 Å². The van der Waals surface area contributed by atoms with Crippen LogP contribution in [0.5, 0.6) is 0 Å². The summed E-state index contributed by atoms with van der Waals surface area (Å²) in [5.41, 5.74) is 0. The normalized spacial score (nSPS) is 27.1. The zero-order chi connectivity index (χ0) is 16.1. The minimum absolute atomic E-state index is 0.112. The number of hydrogen-bond donors (Lipinski definition) is 0. The first-order valence-electron chi connectivity index (χ1n) is 8.22. The fourth-order valence-electron chi connectivity index (χ4n) is 2.20. The quantitative estimate of drug-likeness (QED) is 0.502. The van der Waals surface area contributed by atoms with E-state index in [1.807, 2.05) is 6.08 Å². The summed E-state index contributed by atoms with van der Waals surface area (Å²) in [6, 6.07) is 0. The van der Waals surface area contributed by atoms with Gasteiger partial charge in [-0.05, 0) is 30.6 Å². The molecular weight excluding hydrogens is 280 g/mol. The molecule has 1 aliphatic heterocycles. The lowest BCUT2D eigenvalue weighted by Crippen LogP contribution is -2.45. The lowest BCUT2D eigenvalue weighted by molar-refractivity contribution is -0.155. The van der Waals surface area contributed by atoms with E-state index in [0.717, 1.165) is 6.42 Å². The van der Waals surface area contributed by atoms with Crippen molar-refractivity contribution in [3.8, 4) is 0 Å². The molecule has 0 N–H and O–H groups in total. The predicted octanol–water partition coefficient (Wildman–Crippen LogP) is 4.74. The average molecular weight is 315 g/mol. The largest absolute Gasteiger partial charge is 0.414 e. The van der Waals surface area contributed by atoms with Gasteiger partial charge in [0.05, 0.1) is 12.7 Å². The zero-order valence-electron chi connectivity index (χ0n) is 14.9. The number of ether oxygens (including phenoxy) is 2. The highest BCUT2D eigenvalue weighted by atomic mass is 28.4. The van der Waals surface area contributed by atoms with Gasteiger partial charge < -0.3 is 13.9 Å². The maximum absolute atomic E-state index is 6.36. The van der Waals surface area contributed by atoms with Gasteiger partial charge in [-0.3, -0.25) is 0 Å². The van der Waals surface area contributed by atoms with Gasteiger partial charge in [0, 0.05) is 13.0 Å². The number of methoxy groups -OCH3 is 1. The van der Waals surface area contributed by atoms with E-state index < -0.39 is 8.32 Å². The first-order chi connectivity index (χ1) is 9.71. The molecule has 0 aromatic carbocycles. The molecule has 0 saturated carbocycles. The molecule has 0 unspecified atom stereocenters. The van der Waals surface area contributed by atoms with E-state index in [2.05, 4.69) is 46.9 Å². The Bertz CT molecular complexity index is 333. The SMILES string of the molecule is CCCC[C@H]1C=C[C@@H](OC)O[C@@H]1CO[Si](C)(C)C(C)(C)C. The molecule has 1 aliphatic rings. The smallest absolute Gasteiger partial charge is 0.192 e. The summed E-state index contributed by atoms with van der Waals surface area (Å²) in [7, 11) is -0.0392. The van der Waals surface area contributed by atoms with Crippen LogP contribution in [0.15, 0.2) is 12.2 Å². The first kappa shape index (κ1) is 18.9. The van der Waals surface area contributed by atoms with Gasteiger partial charge in [0.1, 0.15) is 0 Å². The van der Waals surface area contributed by atoms with Crippen molar-refractivity contribution in [3.05, 3.63) is 12.2 Å². The van der Waals surface area contributed by atoms with Crippen LogP contribution in [-0.4, -0.2) is 34.4 Å². The molecule has 0 bridgehead atoms. The maximum atomic E-state index is 6.36. The van der Waals surface area contributed by atoms with Crippen molar-refractivity contribution >= 4 is 8.32 Å². The summed E-state index contributed by atoms with van der Waals surface area (Å²) in [4.78, 5) is 0. The first-order valence-corrected chi connectivity index (χ1v) is 11.1. The summed E-state index contributed by atoms with van der Waals surface area (Å²) in [6.45, 7) is 14.3. The van der Waals surface area contributed by atoms with E-state index in [1.54, 1.807) is 7.11 Å². The van der Waals surface area contributed by atoms with Crippen molar-refractivity contribution in [1.29, 1.82) is 0 Å². The predicted molar refractivity (Wildman–Crippen MR) is 91.0 cm³/mol. The molecule has 21 heavy (non-hydrogen) atoms.